The number of rotatable bonds is 5. The van der Waals surface area contributed by atoms with Crippen molar-refractivity contribution in [3.63, 3.8) is 0 Å². The summed E-state index contributed by atoms with van der Waals surface area (Å²) >= 11 is 1.23. The first-order valence-electron chi connectivity index (χ1n) is 6.71. The lowest BCUT2D eigenvalue weighted by atomic mass is 10.1. The first-order valence-corrected chi connectivity index (χ1v) is 7.59. The molecule has 0 spiro atoms. The van der Waals surface area contributed by atoms with Gasteiger partial charge in [-0.25, -0.2) is 4.98 Å². The molecule has 1 aromatic carbocycles. The second kappa shape index (κ2) is 7.00. The minimum Gasteiger partial charge on any atom is -0.337 e. The third-order valence-corrected chi connectivity index (χ3v) is 3.84. The van der Waals surface area contributed by atoms with Crippen LogP contribution in [-0.2, 0) is 0 Å². The van der Waals surface area contributed by atoms with Crippen LogP contribution < -0.4 is 5.32 Å². The molecule has 1 heterocycles. The fraction of sp³-hybridized carbons (Fsp3) is 0.188. The number of aromatic nitrogens is 1. The van der Waals surface area contributed by atoms with E-state index in [0.29, 0.717) is 22.9 Å². The molecule has 6 heteroatoms. The van der Waals surface area contributed by atoms with Crippen molar-refractivity contribution >= 4 is 28.3 Å². The number of nitrogens with one attached hydrogen (secondary N) is 1. The molecule has 114 valence electrons. The molecule has 0 saturated heterocycles. The smallest absolute Gasteiger partial charge is 0.273 e. The van der Waals surface area contributed by atoms with E-state index < -0.39 is 0 Å². The quantitative estimate of drug-likeness (QED) is 0.863. The van der Waals surface area contributed by atoms with Crippen LogP contribution in [0.25, 0.3) is 0 Å². The molecule has 2 rings (SSSR count). The van der Waals surface area contributed by atoms with Crippen LogP contribution in [0.2, 0.25) is 0 Å². The van der Waals surface area contributed by atoms with Gasteiger partial charge in [-0.05, 0) is 18.6 Å². The van der Waals surface area contributed by atoms with Crippen LogP contribution in [0.1, 0.15) is 26.4 Å². The number of likely N-dealkylation sites (N-methyl/N-ethyl adjacent to an activating group) is 1. The third kappa shape index (κ3) is 3.59. The van der Waals surface area contributed by atoms with E-state index >= 15 is 0 Å². The third-order valence-electron chi connectivity index (χ3n) is 3.08. The van der Waals surface area contributed by atoms with Crippen molar-refractivity contribution in [2.75, 3.05) is 18.9 Å². The van der Waals surface area contributed by atoms with E-state index in [1.54, 1.807) is 24.6 Å². The zero-order valence-corrected chi connectivity index (χ0v) is 13.3. The number of carbonyl (C=O) groups is 2. The first-order chi connectivity index (χ1) is 10.5. The van der Waals surface area contributed by atoms with E-state index in [9.17, 15) is 9.59 Å². The average Bonchev–Trinajstić information content (AvgIpc) is 2.95. The van der Waals surface area contributed by atoms with Gasteiger partial charge in [0.05, 0.1) is 0 Å². The zero-order chi connectivity index (χ0) is 16.1. The average molecular weight is 315 g/mol. The maximum Gasteiger partial charge on any atom is 0.273 e. The van der Waals surface area contributed by atoms with Crippen molar-refractivity contribution < 1.29 is 9.59 Å². The minimum atomic E-state index is -0.231. The van der Waals surface area contributed by atoms with Crippen molar-refractivity contribution in [2.45, 2.75) is 6.92 Å². The predicted molar refractivity (Wildman–Crippen MR) is 88.4 cm³/mol. The molecule has 2 aromatic rings. The van der Waals surface area contributed by atoms with Crippen LogP contribution in [0.15, 0.2) is 42.3 Å². The van der Waals surface area contributed by atoms with Crippen molar-refractivity contribution in [2.24, 2.45) is 0 Å². The molecule has 0 atom stereocenters. The molecule has 5 nitrogen and oxygen atoms in total. The Morgan fingerprint density at radius 3 is 2.82 bits per heavy atom. The highest BCUT2D eigenvalue weighted by Gasteiger charge is 2.16. The number of benzene rings is 1. The molecule has 0 aliphatic heterocycles. The van der Waals surface area contributed by atoms with Gasteiger partial charge in [-0.15, -0.1) is 17.9 Å². The summed E-state index contributed by atoms with van der Waals surface area (Å²) in [7, 11) is 1.68. The number of aryl methyl sites for hydroxylation is 1. The molecule has 0 aliphatic rings. The van der Waals surface area contributed by atoms with Gasteiger partial charge in [0.15, 0.2) is 5.13 Å². The molecule has 1 N–H and O–H groups in total. The van der Waals surface area contributed by atoms with Crippen molar-refractivity contribution in [3.8, 4) is 0 Å². The molecule has 0 saturated carbocycles. The number of amides is 2. The van der Waals surface area contributed by atoms with Gasteiger partial charge in [0.2, 0.25) is 0 Å². The Hall–Kier alpha value is -2.47. The van der Waals surface area contributed by atoms with Gasteiger partial charge in [-0.1, -0.05) is 24.3 Å². The molecule has 0 unspecified atom stereocenters. The van der Waals surface area contributed by atoms with Crippen LogP contribution in [0.4, 0.5) is 5.13 Å². The highest BCUT2D eigenvalue weighted by molar-refractivity contribution is 7.14. The molecule has 22 heavy (non-hydrogen) atoms. The van der Waals surface area contributed by atoms with Crippen LogP contribution in [0.5, 0.6) is 0 Å². The van der Waals surface area contributed by atoms with E-state index in [4.69, 9.17) is 0 Å². The largest absolute Gasteiger partial charge is 0.337 e. The van der Waals surface area contributed by atoms with Gasteiger partial charge in [0.25, 0.3) is 11.8 Å². The molecule has 0 fully saturated rings. The Balaban J connectivity index is 2.09. The Kier molecular flexibility index (Phi) is 5.06. The van der Waals surface area contributed by atoms with E-state index in [1.807, 2.05) is 25.1 Å². The number of anilines is 1. The molecule has 0 bridgehead atoms. The zero-order valence-electron chi connectivity index (χ0n) is 12.5. The SMILES string of the molecule is C=CCN(C)C(=O)c1csc(NC(=O)c2ccccc2C)n1. The van der Waals surface area contributed by atoms with Gasteiger partial charge < -0.3 is 4.90 Å². The summed E-state index contributed by atoms with van der Waals surface area (Å²) in [5.41, 5.74) is 1.79. The number of hydrogen-bond acceptors (Lipinski definition) is 4. The van der Waals surface area contributed by atoms with Gasteiger partial charge in [-0.2, -0.15) is 0 Å². The normalized spacial score (nSPS) is 10.1. The summed E-state index contributed by atoms with van der Waals surface area (Å²) in [5.74, 6) is -0.432. The Labute approximate surface area is 133 Å². The van der Waals surface area contributed by atoms with Crippen molar-refractivity contribution in [1.82, 2.24) is 9.88 Å². The Morgan fingerprint density at radius 1 is 1.41 bits per heavy atom. The van der Waals surface area contributed by atoms with E-state index in [2.05, 4.69) is 16.9 Å². The van der Waals surface area contributed by atoms with Gasteiger partial charge in [0.1, 0.15) is 5.69 Å². The standard InChI is InChI=1S/C16H17N3O2S/c1-4-9-19(3)15(21)13-10-22-16(17-13)18-14(20)12-8-6-5-7-11(12)2/h4-8,10H,1,9H2,2-3H3,(H,17,18,20). The summed E-state index contributed by atoms with van der Waals surface area (Å²) in [6, 6.07) is 7.31. The van der Waals surface area contributed by atoms with E-state index in [0.717, 1.165) is 5.56 Å². The topological polar surface area (TPSA) is 62.3 Å². The number of carbonyl (C=O) groups excluding carboxylic acids is 2. The summed E-state index contributed by atoms with van der Waals surface area (Å²) < 4.78 is 0. The summed E-state index contributed by atoms with van der Waals surface area (Å²) in [6.45, 7) is 5.91. The number of thiazole rings is 1. The molecule has 0 radical (unpaired) electrons. The number of nitrogens with zero attached hydrogens (tertiary/aromatic N) is 2. The molecular formula is C16H17N3O2S. The van der Waals surface area contributed by atoms with Crippen LogP contribution in [-0.4, -0.2) is 35.3 Å². The molecule has 1 aromatic heterocycles. The Bertz CT molecular complexity index is 709. The second-order valence-electron chi connectivity index (χ2n) is 4.78. The fourth-order valence-corrected chi connectivity index (χ4v) is 2.57. The predicted octanol–water partition coefficient (Wildman–Crippen LogP) is 2.96. The highest BCUT2D eigenvalue weighted by atomic mass is 32.1. The minimum absolute atomic E-state index is 0.201. The van der Waals surface area contributed by atoms with Gasteiger partial charge in [0, 0.05) is 24.5 Å². The molecule has 0 aliphatic carbocycles. The Morgan fingerprint density at radius 2 is 2.14 bits per heavy atom. The maximum atomic E-state index is 12.2. The lowest BCUT2D eigenvalue weighted by Gasteiger charge is -2.12. The summed E-state index contributed by atoms with van der Waals surface area (Å²) in [6.07, 6.45) is 1.64. The maximum absolute atomic E-state index is 12.2. The van der Waals surface area contributed by atoms with Crippen molar-refractivity contribution in [1.29, 1.82) is 0 Å². The summed E-state index contributed by atoms with van der Waals surface area (Å²) in [4.78, 5) is 29.9. The number of hydrogen-bond donors (Lipinski definition) is 1. The van der Waals surface area contributed by atoms with Gasteiger partial charge in [-0.3, -0.25) is 14.9 Å². The van der Waals surface area contributed by atoms with E-state index in [-0.39, 0.29) is 11.8 Å². The monoisotopic (exact) mass is 315 g/mol. The van der Waals surface area contributed by atoms with Crippen molar-refractivity contribution in [3.05, 3.63) is 59.1 Å². The second-order valence-corrected chi connectivity index (χ2v) is 5.64. The fourth-order valence-electron chi connectivity index (χ4n) is 1.89. The first kappa shape index (κ1) is 15.9. The molecule has 2 amide bonds. The lowest BCUT2D eigenvalue weighted by Crippen LogP contribution is -2.27. The van der Waals surface area contributed by atoms with E-state index in [1.165, 1.54) is 16.2 Å². The molecular weight excluding hydrogens is 298 g/mol. The summed E-state index contributed by atoms with van der Waals surface area (Å²) in [5, 5.41) is 4.76. The van der Waals surface area contributed by atoms with Crippen LogP contribution >= 0.6 is 11.3 Å². The van der Waals surface area contributed by atoms with Gasteiger partial charge >= 0.3 is 0 Å². The highest BCUT2D eigenvalue weighted by Crippen LogP contribution is 2.18. The van der Waals surface area contributed by atoms with Crippen LogP contribution in [0, 0.1) is 6.92 Å². The van der Waals surface area contributed by atoms with Crippen LogP contribution in [0.3, 0.4) is 0 Å². The lowest BCUT2D eigenvalue weighted by molar-refractivity contribution is 0.0805.